The molecule has 1 fully saturated rings. The molecular weight excluding hydrogens is 292 g/mol. The van der Waals surface area contributed by atoms with Gasteiger partial charge in [-0.2, -0.15) is 10.1 Å². The molecule has 0 unspecified atom stereocenters. The van der Waals surface area contributed by atoms with E-state index in [1.807, 2.05) is 18.2 Å². The number of anilines is 4. The first-order valence-corrected chi connectivity index (χ1v) is 7.99. The first-order valence-electron chi connectivity index (χ1n) is 7.99. The molecule has 0 spiro atoms. The lowest BCUT2D eigenvalue weighted by Crippen LogP contribution is -2.36. The third-order valence-electron chi connectivity index (χ3n) is 3.61. The van der Waals surface area contributed by atoms with Crippen LogP contribution in [0, 0.1) is 0 Å². The van der Waals surface area contributed by atoms with Crippen LogP contribution in [0.2, 0.25) is 0 Å². The second-order valence-corrected chi connectivity index (χ2v) is 5.33. The Balaban J connectivity index is 1.77. The van der Waals surface area contributed by atoms with E-state index in [0.717, 1.165) is 50.6 Å². The summed E-state index contributed by atoms with van der Waals surface area (Å²) in [5, 5.41) is 14.5. The molecule has 122 valence electrons. The van der Waals surface area contributed by atoms with Crippen LogP contribution in [0.25, 0.3) is 0 Å². The molecule has 1 aromatic heterocycles. The number of hydrogen-bond acceptors (Lipinski definition) is 7. The van der Waals surface area contributed by atoms with Crippen molar-refractivity contribution in [2.75, 3.05) is 48.4 Å². The van der Waals surface area contributed by atoms with E-state index in [9.17, 15) is 0 Å². The minimum atomic E-state index is 0.542. The van der Waals surface area contributed by atoms with Crippen LogP contribution in [0.3, 0.4) is 0 Å². The average Bonchev–Trinajstić information content (AvgIpc) is 2.61. The maximum absolute atomic E-state index is 5.43. The predicted octanol–water partition coefficient (Wildman–Crippen LogP) is 2.27. The van der Waals surface area contributed by atoms with Crippen LogP contribution in [0.4, 0.5) is 23.1 Å². The van der Waals surface area contributed by atoms with Gasteiger partial charge in [-0.1, -0.05) is 19.1 Å². The Morgan fingerprint density at radius 3 is 2.87 bits per heavy atom. The number of benzene rings is 1. The number of hydrogen-bond donors (Lipinski definition) is 2. The summed E-state index contributed by atoms with van der Waals surface area (Å²) in [5.74, 6) is 1.22. The van der Waals surface area contributed by atoms with Crippen molar-refractivity contribution in [3.8, 4) is 0 Å². The molecule has 1 aliphatic rings. The number of rotatable bonds is 6. The van der Waals surface area contributed by atoms with Crippen molar-refractivity contribution in [1.29, 1.82) is 0 Å². The van der Waals surface area contributed by atoms with Gasteiger partial charge in [-0.05, 0) is 18.6 Å². The summed E-state index contributed by atoms with van der Waals surface area (Å²) < 4.78 is 5.43. The molecular formula is C16H22N6O. The first kappa shape index (κ1) is 15.5. The van der Waals surface area contributed by atoms with Crippen LogP contribution in [0.5, 0.6) is 0 Å². The molecule has 3 rings (SSSR count). The SMILES string of the molecule is CCCNc1nncc(Nc2ccccc2N2CCOCC2)n1. The predicted molar refractivity (Wildman–Crippen MR) is 91.4 cm³/mol. The molecule has 1 aliphatic heterocycles. The molecule has 23 heavy (non-hydrogen) atoms. The number of nitrogens with one attached hydrogen (secondary N) is 2. The van der Waals surface area contributed by atoms with E-state index in [1.54, 1.807) is 6.20 Å². The highest BCUT2D eigenvalue weighted by Gasteiger charge is 2.14. The summed E-state index contributed by atoms with van der Waals surface area (Å²) >= 11 is 0. The van der Waals surface area contributed by atoms with Crippen LogP contribution in [0.1, 0.15) is 13.3 Å². The van der Waals surface area contributed by atoms with Crippen LogP contribution in [0.15, 0.2) is 30.5 Å². The molecule has 2 N–H and O–H groups in total. The molecule has 0 radical (unpaired) electrons. The molecule has 1 saturated heterocycles. The third kappa shape index (κ3) is 4.07. The summed E-state index contributed by atoms with van der Waals surface area (Å²) in [4.78, 5) is 6.77. The standard InChI is InChI=1S/C16H22N6O/c1-2-7-17-16-20-15(12-18-21-16)19-13-5-3-4-6-14(13)22-8-10-23-11-9-22/h3-6,12H,2,7-11H2,1H3,(H2,17,19,20,21). The Morgan fingerprint density at radius 2 is 2.04 bits per heavy atom. The van der Waals surface area contributed by atoms with E-state index in [4.69, 9.17) is 4.74 Å². The number of morpholine rings is 1. The van der Waals surface area contributed by atoms with Gasteiger partial charge in [-0.3, -0.25) is 0 Å². The first-order chi connectivity index (χ1) is 11.4. The van der Waals surface area contributed by atoms with E-state index >= 15 is 0 Å². The Hall–Kier alpha value is -2.41. The van der Waals surface area contributed by atoms with Crippen LogP contribution in [-0.4, -0.2) is 48.0 Å². The highest BCUT2D eigenvalue weighted by Crippen LogP contribution is 2.28. The smallest absolute Gasteiger partial charge is 0.244 e. The van der Waals surface area contributed by atoms with E-state index in [0.29, 0.717) is 11.8 Å². The fraction of sp³-hybridized carbons (Fsp3) is 0.438. The van der Waals surface area contributed by atoms with Crippen molar-refractivity contribution in [3.05, 3.63) is 30.5 Å². The molecule has 0 amide bonds. The van der Waals surface area contributed by atoms with E-state index in [-0.39, 0.29) is 0 Å². The van der Waals surface area contributed by atoms with Gasteiger partial charge in [0, 0.05) is 19.6 Å². The summed E-state index contributed by atoms with van der Waals surface area (Å²) in [6, 6.07) is 8.21. The lowest BCUT2D eigenvalue weighted by molar-refractivity contribution is 0.123. The molecule has 2 aromatic rings. The van der Waals surface area contributed by atoms with Crippen molar-refractivity contribution in [2.24, 2.45) is 0 Å². The molecule has 7 nitrogen and oxygen atoms in total. The van der Waals surface area contributed by atoms with E-state index in [1.165, 1.54) is 0 Å². The van der Waals surface area contributed by atoms with Gasteiger partial charge in [0.25, 0.3) is 0 Å². The van der Waals surface area contributed by atoms with Gasteiger partial charge < -0.3 is 20.3 Å². The lowest BCUT2D eigenvalue weighted by atomic mass is 10.2. The van der Waals surface area contributed by atoms with Gasteiger partial charge in [-0.15, -0.1) is 5.10 Å². The fourth-order valence-electron chi connectivity index (χ4n) is 2.47. The number of nitrogens with zero attached hydrogens (tertiary/aromatic N) is 4. The second kappa shape index (κ2) is 7.73. The largest absolute Gasteiger partial charge is 0.378 e. The third-order valence-corrected chi connectivity index (χ3v) is 3.61. The van der Waals surface area contributed by atoms with E-state index in [2.05, 4.69) is 43.7 Å². The summed E-state index contributed by atoms with van der Waals surface area (Å²) in [7, 11) is 0. The zero-order valence-corrected chi connectivity index (χ0v) is 13.3. The molecule has 0 atom stereocenters. The van der Waals surface area contributed by atoms with E-state index < -0.39 is 0 Å². The van der Waals surface area contributed by atoms with Crippen molar-refractivity contribution < 1.29 is 4.74 Å². The van der Waals surface area contributed by atoms with Crippen molar-refractivity contribution >= 4 is 23.1 Å². The highest BCUT2D eigenvalue weighted by atomic mass is 16.5. The minimum Gasteiger partial charge on any atom is -0.378 e. The quantitative estimate of drug-likeness (QED) is 0.847. The topological polar surface area (TPSA) is 75.2 Å². The Bertz CT molecular complexity index is 629. The molecule has 0 aliphatic carbocycles. The van der Waals surface area contributed by atoms with Crippen LogP contribution >= 0.6 is 0 Å². The van der Waals surface area contributed by atoms with Gasteiger partial charge in [0.15, 0.2) is 5.82 Å². The van der Waals surface area contributed by atoms with Gasteiger partial charge in [-0.25, -0.2) is 0 Å². The van der Waals surface area contributed by atoms with Gasteiger partial charge in [0.1, 0.15) is 0 Å². The summed E-state index contributed by atoms with van der Waals surface area (Å²) in [6.45, 7) is 6.23. The second-order valence-electron chi connectivity index (χ2n) is 5.33. The Labute approximate surface area is 136 Å². The van der Waals surface area contributed by atoms with Gasteiger partial charge >= 0.3 is 0 Å². The van der Waals surface area contributed by atoms with Gasteiger partial charge in [0.05, 0.1) is 30.8 Å². The lowest BCUT2D eigenvalue weighted by Gasteiger charge is -2.30. The number of para-hydroxylation sites is 2. The minimum absolute atomic E-state index is 0.542. The normalized spacial score (nSPS) is 14.6. The maximum Gasteiger partial charge on any atom is 0.244 e. The molecule has 7 heteroatoms. The molecule has 0 saturated carbocycles. The van der Waals surface area contributed by atoms with Crippen molar-refractivity contribution in [3.63, 3.8) is 0 Å². The molecule has 1 aromatic carbocycles. The highest BCUT2D eigenvalue weighted by molar-refractivity contribution is 5.74. The number of aromatic nitrogens is 3. The Kier molecular flexibility index (Phi) is 5.21. The summed E-state index contributed by atoms with van der Waals surface area (Å²) in [6.07, 6.45) is 2.65. The van der Waals surface area contributed by atoms with Gasteiger partial charge in [0.2, 0.25) is 5.95 Å². The van der Waals surface area contributed by atoms with Crippen molar-refractivity contribution in [2.45, 2.75) is 13.3 Å². The fourth-order valence-corrected chi connectivity index (χ4v) is 2.47. The summed E-state index contributed by atoms with van der Waals surface area (Å²) in [5.41, 5.74) is 2.16. The van der Waals surface area contributed by atoms with Crippen LogP contribution in [-0.2, 0) is 4.74 Å². The van der Waals surface area contributed by atoms with Crippen molar-refractivity contribution in [1.82, 2.24) is 15.2 Å². The zero-order valence-electron chi connectivity index (χ0n) is 13.3. The average molecular weight is 314 g/mol. The monoisotopic (exact) mass is 314 g/mol. The Morgan fingerprint density at radius 1 is 1.22 bits per heavy atom. The van der Waals surface area contributed by atoms with Crippen LogP contribution < -0.4 is 15.5 Å². The number of ether oxygens (including phenoxy) is 1. The molecule has 0 bridgehead atoms. The molecule has 2 heterocycles. The zero-order chi connectivity index (χ0) is 15.9. The maximum atomic E-state index is 5.43.